The minimum atomic E-state index is -0.519. The number of phenolic OH excluding ortho intramolecular Hbond substituents is 1. The molecule has 35 heavy (non-hydrogen) atoms. The second-order valence-corrected chi connectivity index (χ2v) is 8.47. The maximum absolute atomic E-state index is 14.9. The molecule has 1 N–H and O–H groups in total. The normalized spacial score (nSPS) is 17.6. The quantitative estimate of drug-likeness (QED) is 0.483. The first-order chi connectivity index (χ1) is 17.0. The van der Waals surface area contributed by atoms with Crippen LogP contribution in [-0.4, -0.2) is 24.8 Å². The van der Waals surface area contributed by atoms with Gasteiger partial charge in [0, 0.05) is 34.7 Å². The number of methoxy groups -OCH3 is 1. The topological polar surface area (TPSA) is 98.0 Å². The maximum atomic E-state index is 14.9. The van der Waals surface area contributed by atoms with Crippen molar-refractivity contribution in [2.24, 2.45) is 0 Å². The average Bonchev–Trinajstić information content (AvgIpc) is 3.46. The zero-order valence-electron chi connectivity index (χ0n) is 18.9. The van der Waals surface area contributed by atoms with Gasteiger partial charge in [-0.25, -0.2) is 4.39 Å². The van der Waals surface area contributed by atoms with Gasteiger partial charge in [-0.05, 0) is 43.2 Å². The van der Waals surface area contributed by atoms with Crippen LogP contribution in [0.2, 0.25) is 0 Å². The molecule has 8 heteroatoms. The van der Waals surface area contributed by atoms with Gasteiger partial charge < -0.3 is 24.1 Å². The van der Waals surface area contributed by atoms with E-state index in [1.165, 1.54) is 37.4 Å². The fourth-order valence-corrected chi connectivity index (χ4v) is 4.62. The van der Waals surface area contributed by atoms with Gasteiger partial charge in [0.2, 0.25) is 0 Å². The monoisotopic (exact) mass is 475 g/mol. The lowest BCUT2D eigenvalue weighted by Crippen LogP contribution is -2.09. The smallest absolute Gasteiger partial charge is 0.306 e. The van der Waals surface area contributed by atoms with Gasteiger partial charge in [0.15, 0.2) is 0 Å². The van der Waals surface area contributed by atoms with Crippen molar-refractivity contribution in [1.29, 1.82) is 5.26 Å². The van der Waals surface area contributed by atoms with Gasteiger partial charge in [-0.2, -0.15) is 5.26 Å². The number of nitriles is 1. The van der Waals surface area contributed by atoms with Gasteiger partial charge in [-0.3, -0.25) is 4.79 Å². The van der Waals surface area contributed by atoms with Crippen LogP contribution in [0.25, 0.3) is 0 Å². The van der Waals surface area contributed by atoms with E-state index in [-0.39, 0.29) is 35.4 Å². The fourth-order valence-electron chi connectivity index (χ4n) is 4.62. The van der Waals surface area contributed by atoms with Crippen molar-refractivity contribution >= 4 is 5.97 Å². The van der Waals surface area contributed by atoms with Crippen molar-refractivity contribution < 1.29 is 33.2 Å². The predicted molar refractivity (Wildman–Crippen MR) is 122 cm³/mol. The van der Waals surface area contributed by atoms with E-state index >= 15 is 0 Å². The largest absolute Gasteiger partial charge is 0.508 e. The first kappa shape index (κ1) is 22.5. The summed E-state index contributed by atoms with van der Waals surface area (Å²) < 4.78 is 37.5. The third-order valence-corrected chi connectivity index (χ3v) is 6.33. The summed E-state index contributed by atoms with van der Waals surface area (Å²) in [5.41, 5.74) is 2.20. The maximum Gasteiger partial charge on any atom is 0.306 e. The molecule has 1 unspecified atom stereocenters. The molecule has 0 spiro atoms. The first-order valence-electron chi connectivity index (χ1n) is 11.2. The Balaban J connectivity index is 1.37. The van der Waals surface area contributed by atoms with Gasteiger partial charge in [0.05, 0.1) is 25.7 Å². The molecular weight excluding hydrogens is 453 g/mol. The van der Waals surface area contributed by atoms with Crippen molar-refractivity contribution in [3.8, 4) is 34.8 Å². The molecule has 2 atom stereocenters. The summed E-state index contributed by atoms with van der Waals surface area (Å²) in [6.07, 6.45) is 0.808. The summed E-state index contributed by atoms with van der Waals surface area (Å²) in [7, 11) is 1.36. The van der Waals surface area contributed by atoms with E-state index in [0.717, 1.165) is 5.56 Å². The Kier molecular flexibility index (Phi) is 5.91. The Morgan fingerprint density at radius 1 is 1.20 bits per heavy atom. The fraction of sp³-hybridized carbons (Fsp3) is 0.259. The van der Waals surface area contributed by atoms with E-state index in [0.29, 0.717) is 47.8 Å². The molecule has 5 rings (SSSR count). The molecule has 0 bridgehead atoms. The number of phenols is 1. The van der Waals surface area contributed by atoms with Crippen LogP contribution in [0.15, 0.2) is 48.5 Å². The summed E-state index contributed by atoms with van der Waals surface area (Å²) in [4.78, 5) is 11.6. The minimum Gasteiger partial charge on any atom is -0.508 e. The van der Waals surface area contributed by atoms with Crippen LogP contribution in [0.4, 0.5) is 4.39 Å². The standard InChI is InChI=1S/C27H22FNO6/c1-32-26(31)11-16-14-33-25-12-18(3-4-19(16)25)34-24-8-5-20-23(9-6-21(28)27(20)24)35-22-7-2-17(30)10-15(22)13-29/h2-4,6-7,9-10,12,16,24,30H,5,8,11,14H2,1H3/t16?,24-/m1/s1. The Bertz CT molecular complexity index is 1350. The number of hydrogen-bond acceptors (Lipinski definition) is 7. The first-order valence-corrected chi connectivity index (χ1v) is 11.2. The van der Waals surface area contributed by atoms with Crippen LogP contribution < -0.4 is 14.2 Å². The summed E-state index contributed by atoms with van der Waals surface area (Å²) in [6.45, 7) is 0.386. The molecule has 178 valence electrons. The third kappa shape index (κ3) is 4.33. The number of carbonyl (C=O) groups excluding carboxylic acids is 1. The summed E-state index contributed by atoms with van der Waals surface area (Å²) in [5.74, 6) is 1.10. The number of ether oxygens (including phenoxy) is 4. The van der Waals surface area contributed by atoms with E-state index in [9.17, 15) is 19.6 Å². The Morgan fingerprint density at radius 3 is 2.83 bits per heavy atom. The van der Waals surface area contributed by atoms with Gasteiger partial charge in [0.25, 0.3) is 0 Å². The van der Waals surface area contributed by atoms with Crippen LogP contribution >= 0.6 is 0 Å². The molecule has 1 aliphatic carbocycles. The molecule has 3 aromatic carbocycles. The van der Waals surface area contributed by atoms with E-state index in [1.807, 2.05) is 12.1 Å². The lowest BCUT2D eigenvalue weighted by Gasteiger charge is -2.17. The lowest BCUT2D eigenvalue weighted by molar-refractivity contribution is -0.141. The number of nitrogens with zero attached hydrogens (tertiary/aromatic N) is 1. The minimum absolute atomic E-state index is 0.0401. The Hall–Kier alpha value is -4.25. The van der Waals surface area contributed by atoms with Crippen LogP contribution in [0.3, 0.4) is 0 Å². The van der Waals surface area contributed by atoms with Gasteiger partial charge in [0.1, 0.15) is 46.7 Å². The predicted octanol–water partition coefficient (Wildman–Crippen LogP) is 5.30. The Labute approximate surface area is 201 Å². The summed E-state index contributed by atoms with van der Waals surface area (Å²) in [6, 6.07) is 14.5. The van der Waals surface area contributed by atoms with Gasteiger partial charge >= 0.3 is 5.97 Å². The highest BCUT2D eigenvalue weighted by atomic mass is 19.1. The number of halogens is 1. The molecule has 0 saturated carbocycles. The van der Waals surface area contributed by atoms with E-state index in [4.69, 9.17) is 18.9 Å². The van der Waals surface area contributed by atoms with Crippen LogP contribution in [0.1, 0.15) is 47.1 Å². The zero-order chi connectivity index (χ0) is 24.5. The van der Waals surface area contributed by atoms with Gasteiger partial charge in [-0.1, -0.05) is 6.07 Å². The van der Waals surface area contributed by atoms with Crippen molar-refractivity contribution in [3.63, 3.8) is 0 Å². The highest BCUT2D eigenvalue weighted by molar-refractivity contribution is 5.71. The number of hydrogen-bond donors (Lipinski definition) is 1. The van der Waals surface area contributed by atoms with Crippen molar-refractivity contribution in [2.75, 3.05) is 13.7 Å². The molecule has 7 nitrogen and oxygen atoms in total. The molecule has 2 aliphatic rings. The lowest BCUT2D eigenvalue weighted by atomic mass is 9.98. The second-order valence-electron chi connectivity index (χ2n) is 8.47. The highest BCUT2D eigenvalue weighted by Gasteiger charge is 2.32. The highest BCUT2D eigenvalue weighted by Crippen LogP contribution is 2.44. The van der Waals surface area contributed by atoms with E-state index in [2.05, 4.69) is 0 Å². The molecule has 0 amide bonds. The number of benzene rings is 3. The SMILES string of the molecule is COC(=O)CC1COc2cc(O[C@@H]3CCc4c(Oc5ccc(O)cc5C#N)ccc(F)c43)ccc21. The number of aromatic hydroxyl groups is 1. The molecule has 1 aliphatic heterocycles. The van der Waals surface area contributed by atoms with Gasteiger partial charge in [-0.15, -0.1) is 0 Å². The number of esters is 1. The third-order valence-electron chi connectivity index (χ3n) is 6.33. The van der Waals surface area contributed by atoms with E-state index in [1.54, 1.807) is 12.1 Å². The van der Waals surface area contributed by atoms with Crippen molar-refractivity contribution in [1.82, 2.24) is 0 Å². The van der Waals surface area contributed by atoms with E-state index < -0.39 is 11.9 Å². The van der Waals surface area contributed by atoms with Crippen molar-refractivity contribution in [3.05, 3.63) is 76.6 Å². The van der Waals surface area contributed by atoms with Crippen LogP contribution in [-0.2, 0) is 16.0 Å². The molecule has 0 aromatic heterocycles. The molecule has 0 radical (unpaired) electrons. The number of fused-ring (bicyclic) bond motifs is 2. The molecule has 3 aromatic rings. The average molecular weight is 475 g/mol. The summed E-state index contributed by atoms with van der Waals surface area (Å²) >= 11 is 0. The zero-order valence-corrected chi connectivity index (χ0v) is 18.9. The van der Waals surface area contributed by atoms with Crippen LogP contribution in [0.5, 0.6) is 28.7 Å². The molecule has 0 saturated heterocycles. The number of rotatable bonds is 6. The molecular formula is C27H22FNO6. The Morgan fingerprint density at radius 2 is 2.03 bits per heavy atom. The molecule has 1 heterocycles. The number of carbonyl (C=O) groups is 1. The van der Waals surface area contributed by atoms with Crippen LogP contribution in [0, 0.1) is 17.1 Å². The molecule has 0 fully saturated rings. The second kappa shape index (κ2) is 9.18. The van der Waals surface area contributed by atoms with Crippen molar-refractivity contribution in [2.45, 2.75) is 31.3 Å². The summed E-state index contributed by atoms with van der Waals surface area (Å²) in [5, 5.41) is 19.0.